The molecule has 1 unspecified atom stereocenters. The number of piperidine rings is 1. The van der Waals surface area contributed by atoms with Crippen molar-refractivity contribution >= 4 is 29.1 Å². The summed E-state index contributed by atoms with van der Waals surface area (Å²) in [5.41, 5.74) is 1.84. The predicted octanol–water partition coefficient (Wildman–Crippen LogP) is 5.23. The lowest BCUT2D eigenvalue weighted by Crippen LogP contribution is -2.44. The number of amides is 1. The van der Waals surface area contributed by atoms with Crippen molar-refractivity contribution in [1.82, 2.24) is 4.90 Å². The molecule has 0 N–H and O–H groups in total. The number of hydrogen-bond acceptors (Lipinski definition) is 1. The standard InChI is InChI=1S/C19H19Cl2NO/c20-16-11-15(12-17(21)13-16)19(23)22-9-5-4-8-18(22)10-14-6-2-1-3-7-14/h1-3,6-7,11-13,18H,4-5,8-10H2. The fourth-order valence-electron chi connectivity index (χ4n) is 3.21. The molecule has 2 aromatic carbocycles. The highest BCUT2D eigenvalue weighted by atomic mass is 35.5. The van der Waals surface area contributed by atoms with E-state index < -0.39 is 0 Å². The predicted molar refractivity (Wildman–Crippen MR) is 95.3 cm³/mol. The molecule has 1 heterocycles. The van der Waals surface area contributed by atoms with Crippen molar-refractivity contribution in [3.8, 4) is 0 Å². The molecule has 0 spiro atoms. The third-order valence-electron chi connectivity index (χ3n) is 4.31. The van der Waals surface area contributed by atoms with Gasteiger partial charge in [-0.2, -0.15) is 0 Å². The molecule has 0 bridgehead atoms. The number of carbonyl (C=O) groups is 1. The van der Waals surface area contributed by atoms with Gasteiger partial charge in [-0.3, -0.25) is 4.79 Å². The van der Waals surface area contributed by atoms with Gasteiger partial charge in [0.05, 0.1) is 0 Å². The minimum absolute atomic E-state index is 0.0232. The number of carbonyl (C=O) groups excluding carboxylic acids is 1. The van der Waals surface area contributed by atoms with Crippen LogP contribution in [0.15, 0.2) is 48.5 Å². The Morgan fingerprint density at radius 2 is 1.74 bits per heavy atom. The Hall–Kier alpha value is -1.51. The molecule has 3 rings (SSSR count). The van der Waals surface area contributed by atoms with E-state index in [1.807, 2.05) is 23.1 Å². The first-order chi connectivity index (χ1) is 11.1. The van der Waals surface area contributed by atoms with Crippen molar-refractivity contribution < 1.29 is 4.79 Å². The molecule has 0 radical (unpaired) electrons. The van der Waals surface area contributed by atoms with E-state index >= 15 is 0 Å². The summed E-state index contributed by atoms with van der Waals surface area (Å²) in [5.74, 6) is 0.0232. The second-order valence-corrected chi connectivity index (χ2v) is 6.87. The van der Waals surface area contributed by atoms with Gasteiger partial charge in [0, 0.05) is 28.2 Å². The van der Waals surface area contributed by atoms with Crippen molar-refractivity contribution in [3.63, 3.8) is 0 Å². The molecule has 1 atom stereocenters. The Bertz CT molecular complexity index is 667. The minimum Gasteiger partial charge on any atom is -0.335 e. The molecule has 0 saturated carbocycles. The zero-order valence-corrected chi connectivity index (χ0v) is 14.4. The van der Waals surface area contributed by atoms with Crippen molar-refractivity contribution in [3.05, 3.63) is 69.7 Å². The van der Waals surface area contributed by atoms with Gasteiger partial charge >= 0.3 is 0 Å². The molecule has 0 aromatic heterocycles. The average molecular weight is 348 g/mol. The van der Waals surface area contributed by atoms with Gasteiger partial charge in [-0.15, -0.1) is 0 Å². The van der Waals surface area contributed by atoms with E-state index in [1.165, 1.54) is 5.56 Å². The molecule has 1 aliphatic heterocycles. The minimum atomic E-state index is 0.0232. The molecule has 4 heteroatoms. The first-order valence-electron chi connectivity index (χ1n) is 7.94. The Labute approximate surface area is 147 Å². The molecule has 23 heavy (non-hydrogen) atoms. The molecule has 1 aliphatic rings. The zero-order chi connectivity index (χ0) is 16.2. The number of benzene rings is 2. The van der Waals surface area contributed by atoms with E-state index in [0.717, 1.165) is 32.2 Å². The maximum absolute atomic E-state index is 12.9. The summed E-state index contributed by atoms with van der Waals surface area (Å²) in [4.78, 5) is 14.9. The van der Waals surface area contributed by atoms with E-state index in [0.29, 0.717) is 15.6 Å². The van der Waals surface area contributed by atoms with Gasteiger partial charge in [-0.25, -0.2) is 0 Å². The Morgan fingerprint density at radius 1 is 1.04 bits per heavy atom. The highest BCUT2D eigenvalue weighted by Gasteiger charge is 2.27. The average Bonchev–Trinajstić information content (AvgIpc) is 2.55. The van der Waals surface area contributed by atoms with Crippen LogP contribution in [0.3, 0.4) is 0 Å². The summed E-state index contributed by atoms with van der Waals surface area (Å²) in [6.07, 6.45) is 4.14. The lowest BCUT2D eigenvalue weighted by atomic mass is 9.95. The van der Waals surface area contributed by atoms with E-state index in [9.17, 15) is 4.79 Å². The van der Waals surface area contributed by atoms with Crippen LogP contribution in [0.2, 0.25) is 10.0 Å². The topological polar surface area (TPSA) is 20.3 Å². The normalized spacial score (nSPS) is 18.0. The second-order valence-electron chi connectivity index (χ2n) is 6.00. The highest BCUT2D eigenvalue weighted by molar-refractivity contribution is 6.35. The highest BCUT2D eigenvalue weighted by Crippen LogP contribution is 2.25. The monoisotopic (exact) mass is 347 g/mol. The summed E-state index contributed by atoms with van der Waals surface area (Å²) >= 11 is 12.1. The summed E-state index contributed by atoms with van der Waals surface area (Å²) in [6, 6.07) is 15.6. The molecule has 1 amide bonds. The van der Waals surface area contributed by atoms with Crippen LogP contribution in [-0.4, -0.2) is 23.4 Å². The molecule has 2 aromatic rings. The van der Waals surface area contributed by atoms with Gasteiger partial charge in [-0.1, -0.05) is 53.5 Å². The third kappa shape index (κ3) is 4.07. The van der Waals surface area contributed by atoms with E-state index in [-0.39, 0.29) is 11.9 Å². The number of nitrogens with zero attached hydrogens (tertiary/aromatic N) is 1. The van der Waals surface area contributed by atoms with Gasteiger partial charge in [0.25, 0.3) is 5.91 Å². The maximum Gasteiger partial charge on any atom is 0.254 e. The molecule has 120 valence electrons. The second kappa shape index (κ2) is 7.37. The fraction of sp³-hybridized carbons (Fsp3) is 0.316. The van der Waals surface area contributed by atoms with Gasteiger partial charge in [0.2, 0.25) is 0 Å². The van der Waals surface area contributed by atoms with Crippen molar-refractivity contribution in [2.24, 2.45) is 0 Å². The summed E-state index contributed by atoms with van der Waals surface area (Å²) in [7, 11) is 0. The zero-order valence-electron chi connectivity index (χ0n) is 12.8. The van der Waals surface area contributed by atoms with Crippen LogP contribution in [0.5, 0.6) is 0 Å². The largest absolute Gasteiger partial charge is 0.335 e. The Morgan fingerprint density at radius 3 is 2.43 bits per heavy atom. The van der Waals surface area contributed by atoms with Gasteiger partial charge in [0.1, 0.15) is 0 Å². The lowest BCUT2D eigenvalue weighted by molar-refractivity contribution is 0.0613. The van der Waals surface area contributed by atoms with Crippen LogP contribution in [0, 0.1) is 0 Å². The Balaban J connectivity index is 1.81. The van der Waals surface area contributed by atoms with Crippen molar-refractivity contribution in [2.75, 3.05) is 6.54 Å². The van der Waals surface area contributed by atoms with Crippen molar-refractivity contribution in [1.29, 1.82) is 0 Å². The number of rotatable bonds is 3. The molecular weight excluding hydrogens is 329 g/mol. The summed E-state index contributed by atoms with van der Waals surface area (Å²) < 4.78 is 0. The van der Waals surface area contributed by atoms with Gasteiger partial charge in [-0.05, 0) is 49.4 Å². The molecular formula is C19H19Cl2NO. The van der Waals surface area contributed by atoms with Crippen molar-refractivity contribution in [2.45, 2.75) is 31.7 Å². The summed E-state index contributed by atoms with van der Waals surface area (Å²) in [6.45, 7) is 0.792. The first-order valence-corrected chi connectivity index (χ1v) is 8.70. The molecule has 0 aliphatic carbocycles. The van der Waals surface area contributed by atoms with Crippen LogP contribution in [0.4, 0.5) is 0 Å². The van der Waals surface area contributed by atoms with Crippen LogP contribution in [-0.2, 0) is 6.42 Å². The van der Waals surface area contributed by atoms with E-state index in [4.69, 9.17) is 23.2 Å². The molecule has 1 saturated heterocycles. The van der Waals surface area contributed by atoms with Gasteiger partial charge < -0.3 is 4.90 Å². The number of halogens is 2. The van der Waals surface area contributed by atoms with E-state index in [1.54, 1.807) is 18.2 Å². The Kier molecular flexibility index (Phi) is 5.24. The third-order valence-corrected chi connectivity index (χ3v) is 4.75. The number of likely N-dealkylation sites (tertiary alicyclic amines) is 1. The lowest BCUT2D eigenvalue weighted by Gasteiger charge is -2.36. The van der Waals surface area contributed by atoms with Crippen LogP contribution in [0.1, 0.15) is 35.2 Å². The number of hydrogen-bond donors (Lipinski definition) is 0. The van der Waals surface area contributed by atoms with Gasteiger partial charge in [0.15, 0.2) is 0 Å². The van der Waals surface area contributed by atoms with Crippen LogP contribution < -0.4 is 0 Å². The first kappa shape index (κ1) is 16.4. The maximum atomic E-state index is 12.9. The molecule has 1 fully saturated rings. The fourth-order valence-corrected chi connectivity index (χ4v) is 3.74. The SMILES string of the molecule is O=C(c1cc(Cl)cc(Cl)c1)N1CCCCC1Cc1ccccc1. The van der Waals surface area contributed by atoms with Crippen LogP contribution >= 0.6 is 23.2 Å². The van der Waals surface area contributed by atoms with Crippen LogP contribution in [0.25, 0.3) is 0 Å². The summed E-state index contributed by atoms with van der Waals surface area (Å²) in [5, 5.41) is 0.995. The molecule has 2 nitrogen and oxygen atoms in total. The quantitative estimate of drug-likeness (QED) is 0.744. The smallest absolute Gasteiger partial charge is 0.254 e. The van der Waals surface area contributed by atoms with E-state index in [2.05, 4.69) is 12.1 Å².